The molecule has 0 bridgehead atoms. The van der Waals surface area contributed by atoms with E-state index in [0.717, 1.165) is 37.3 Å². The summed E-state index contributed by atoms with van der Waals surface area (Å²) in [5, 5.41) is 8.83. The maximum atomic E-state index is 12.1. The summed E-state index contributed by atoms with van der Waals surface area (Å²) < 4.78 is 0. The number of aromatic carboxylic acids is 1. The number of likely N-dealkylation sites (tertiary alicyclic amines) is 1. The van der Waals surface area contributed by atoms with E-state index in [4.69, 9.17) is 5.11 Å². The minimum atomic E-state index is -1.05. The number of carboxylic acid groups (broad SMARTS) is 1. The van der Waals surface area contributed by atoms with E-state index in [1.54, 1.807) is 11.9 Å². The maximum Gasteiger partial charge on any atom is 0.345 e. The third-order valence-corrected chi connectivity index (χ3v) is 4.27. The molecule has 0 aromatic carbocycles. The van der Waals surface area contributed by atoms with E-state index in [2.05, 4.69) is 0 Å². The van der Waals surface area contributed by atoms with Gasteiger partial charge in [-0.1, -0.05) is 0 Å². The molecule has 2 rings (SSSR count). The zero-order chi connectivity index (χ0) is 14.7. The molecule has 0 radical (unpaired) electrons. The number of hydrogen-bond acceptors (Lipinski definition) is 4. The van der Waals surface area contributed by atoms with Crippen molar-refractivity contribution in [3.63, 3.8) is 0 Å². The van der Waals surface area contributed by atoms with Crippen molar-refractivity contribution in [2.45, 2.75) is 12.8 Å². The van der Waals surface area contributed by atoms with Crippen molar-refractivity contribution in [3.05, 3.63) is 21.9 Å². The van der Waals surface area contributed by atoms with Crippen LogP contribution in [-0.4, -0.2) is 59.4 Å². The van der Waals surface area contributed by atoms with Crippen molar-refractivity contribution in [1.29, 1.82) is 0 Å². The van der Waals surface area contributed by atoms with Crippen LogP contribution in [0.1, 0.15) is 32.2 Å². The normalized spacial score (nSPS) is 14.3. The Hall–Kier alpha value is -1.89. The molecular weight excluding hydrogens is 280 g/mol. The van der Waals surface area contributed by atoms with Gasteiger partial charge in [-0.05, 0) is 25.0 Å². The van der Waals surface area contributed by atoms with Crippen LogP contribution < -0.4 is 0 Å². The first-order valence-corrected chi connectivity index (χ1v) is 7.17. The lowest BCUT2D eigenvalue weighted by molar-refractivity contribution is -0.130. The molecule has 2 amide bonds. The van der Waals surface area contributed by atoms with E-state index in [0.29, 0.717) is 4.88 Å². The van der Waals surface area contributed by atoms with Gasteiger partial charge >= 0.3 is 5.97 Å². The van der Waals surface area contributed by atoms with Crippen molar-refractivity contribution in [1.82, 2.24) is 9.80 Å². The Labute approximate surface area is 120 Å². The SMILES string of the molecule is CN(CC(=O)N1CCCC1)C(=O)c1ccc(C(=O)O)s1. The number of likely N-dealkylation sites (N-methyl/N-ethyl adjacent to an activating group) is 1. The second-order valence-corrected chi connectivity index (χ2v) is 5.80. The van der Waals surface area contributed by atoms with E-state index in [9.17, 15) is 14.4 Å². The molecule has 6 nitrogen and oxygen atoms in total. The van der Waals surface area contributed by atoms with Crippen LogP contribution >= 0.6 is 11.3 Å². The van der Waals surface area contributed by atoms with Gasteiger partial charge in [-0.15, -0.1) is 11.3 Å². The molecule has 1 aromatic heterocycles. The van der Waals surface area contributed by atoms with Crippen molar-refractivity contribution in [2.75, 3.05) is 26.7 Å². The van der Waals surface area contributed by atoms with Crippen LogP contribution in [0.15, 0.2) is 12.1 Å². The maximum absolute atomic E-state index is 12.1. The van der Waals surface area contributed by atoms with Gasteiger partial charge in [0.05, 0.1) is 11.4 Å². The van der Waals surface area contributed by atoms with Crippen LogP contribution in [0.4, 0.5) is 0 Å². The standard InChI is InChI=1S/C13H16N2O4S/c1-14(8-11(16)15-6-2-3-7-15)12(17)9-4-5-10(20-9)13(18)19/h4-5H,2-3,6-8H2,1H3,(H,18,19). The number of rotatable bonds is 4. The molecule has 1 aliphatic heterocycles. The molecule has 20 heavy (non-hydrogen) atoms. The Bertz CT molecular complexity index is 534. The lowest BCUT2D eigenvalue weighted by Gasteiger charge is -2.20. The monoisotopic (exact) mass is 296 g/mol. The number of carbonyl (C=O) groups is 3. The van der Waals surface area contributed by atoms with Crippen LogP contribution in [0.3, 0.4) is 0 Å². The van der Waals surface area contributed by atoms with Crippen LogP contribution in [0, 0.1) is 0 Å². The number of thiophene rings is 1. The summed E-state index contributed by atoms with van der Waals surface area (Å²) in [4.78, 5) is 38.4. The molecule has 1 saturated heterocycles. The molecule has 7 heteroatoms. The fourth-order valence-electron chi connectivity index (χ4n) is 2.10. The molecule has 1 aromatic rings. The fraction of sp³-hybridized carbons (Fsp3) is 0.462. The number of amides is 2. The number of nitrogens with zero attached hydrogens (tertiary/aromatic N) is 2. The predicted molar refractivity (Wildman–Crippen MR) is 74.1 cm³/mol. The largest absolute Gasteiger partial charge is 0.477 e. The minimum absolute atomic E-state index is 0.0269. The van der Waals surface area contributed by atoms with Gasteiger partial charge in [0, 0.05) is 20.1 Å². The number of hydrogen-bond donors (Lipinski definition) is 1. The summed E-state index contributed by atoms with van der Waals surface area (Å²) in [5.74, 6) is -1.44. The van der Waals surface area contributed by atoms with Gasteiger partial charge in [0.1, 0.15) is 4.88 Å². The van der Waals surface area contributed by atoms with Gasteiger partial charge in [0.2, 0.25) is 5.91 Å². The molecular formula is C13H16N2O4S. The summed E-state index contributed by atoms with van der Waals surface area (Å²) >= 11 is 0.921. The van der Waals surface area contributed by atoms with Crippen molar-refractivity contribution < 1.29 is 19.5 Å². The molecule has 1 aliphatic rings. The highest BCUT2D eigenvalue weighted by atomic mass is 32.1. The molecule has 0 spiro atoms. The van der Waals surface area contributed by atoms with Gasteiger partial charge in [-0.2, -0.15) is 0 Å². The average Bonchev–Trinajstić information content (AvgIpc) is 3.08. The summed E-state index contributed by atoms with van der Waals surface area (Å²) in [6.07, 6.45) is 2.02. The Morgan fingerprint density at radius 1 is 1.25 bits per heavy atom. The molecule has 108 valence electrons. The molecule has 0 saturated carbocycles. The Kier molecular flexibility index (Phi) is 4.39. The van der Waals surface area contributed by atoms with Crippen LogP contribution in [0.2, 0.25) is 0 Å². The summed E-state index contributed by atoms with van der Waals surface area (Å²) in [5.41, 5.74) is 0. The fourth-order valence-corrected chi connectivity index (χ4v) is 2.94. The van der Waals surface area contributed by atoms with E-state index >= 15 is 0 Å². The third kappa shape index (κ3) is 3.16. The van der Waals surface area contributed by atoms with Crippen molar-refractivity contribution in [2.24, 2.45) is 0 Å². The van der Waals surface area contributed by atoms with E-state index in [1.807, 2.05) is 0 Å². The van der Waals surface area contributed by atoms with Crippen LogP contribution in [0.5, 0.6) is 0 Å². The van der Waals surface area contributed by atoms with Crippen molar-refractivity contribution in [3.8, 4) is 0 Å². The molecule has 1 N–H and O–H groups in total. The van der Waals surface area contributed by atoms with Gasteiger partial charge in [-0.3, -0.25) is 9.59 Å². The van der Waals surface area contributed by atoms with Gasteiger partial charge in [-0.25, -0.2) is 4.79 Å². The lowest BCUT2D eigenvalue weighted by atomic mass is 10.3. The first-order chi connectivity index (χ1) is 9.49. The summed E-state index contributed by atoms with van der Waals surface area (Å²) in [7, 11) is 1.55. The highest BCUT2D eigenvalue weighted by molar-refractivity contribution is 7.15. The van der Waals surface area contributed by atoms with E-state index in [-0.39, 0.29) is 23.2 Å². The topological polar surface area (TPSA) is 77.9 Å². The Balaban J connectivity index is 1.96. The molecule has 0 atom stereocenters. The lowest BCUT2D eigenvalue weighted by Crippen LogP contribution is -2.39. The Morgan fingerprint density at radius 3 is 2.40 bits per heavy atom. The van der Waals surface area contributed by atoms with Gasteiger partial charge in [0.25, 0.3) is 5.91 Å². The summed E-state index contributed by atoms with van der Waals surface area (Å²) in [6, 6.07) is 2.88. The van der Waals surface area contributed by atoms with Crippen LogP contribution in [-0.2, 0) is 4.79 Å². The molecule has 0 unspecified atom stereocenters. The molecule has 0 aliphatic carbocycles. The molecule has 2 heterocycles. The van der Waals surface area contributed by atoms with Crippen molar-refractivity contribution >= 4 is 29.1 Å². The first-order valence-electron chi connectivity index (χ1n) is 6.35. The van der Waals surface area contributed by atoms with Gasteiger partial charge in [0.15, 0.2) is 0 Å². The number of carboxylic acids is 1. The predicted octanol–water partition coefficient (Wildman–Crippen LogP) is 1.14. The Morgan fingerprint density at radius 2 is 1.85 bits per heavy atom. The highest BCUT2D eigenvalue weighted by Crippen LogP contribution is 2.18. The quantitative estimate of drug-likeness (QED) is 0.904. The first kappa shape index (κ1) is 14.5. The minimum Gasteiger partial charge on any atom is -0.477 e. The zero-order valence-electron chi connectivity index (χ0n) is 11.2. The average molecular weight is 296 g/mol. The number of carbonyl (C=O) groups excluding carboxylic acids is 2. The second kappa shape index (κ2) is 6.04. The summed E-state index contributed by atoms with van der Waals surface area (Å²) in [6.45, 7) is 1.53. The van der Waals surface area contributed by atoms with E-state index < -0.39 is 5.97 Å². The second-order valence-electron chi connectivity index (χ2n) is 4.72. The highest BCUT2D eigenvalue weighted by Gasteiger charge is 2.22. The smallest absolute Gasteiger partial charge is 0.345 e. The van der Waals surface area contributed by atoms with Gasteiger partial charge < -0.3 is 14.9 Å². The molecule has 1 fully saturated rings. The zero-order valence-corrected chi connectivity index (χ0v) is 12.0. The third-order valence-electron chi connectivity index (χ3n) is 3.21. The van der Waals surface area contributed by atoms with Crippen LogP contribution in [0.25, 0.3) is 0 Å². The van der Waals surface area contributed by atoms with E-state index in [1.165, 1.54) is 17.0 Å².